The summed E-state index contributed by atoms with van der Waals surface area (Å²) in [5, 5.41) is 13.4. The average molecular weight is 319 g/mol. The lowest BCUT2D eigenvalue weighted by molar-refractivity contribution is -0.0213. The first-order chi connectivity index (χ1) is 11.0. The van der Waals surface area contributed by atoms with E-state index in [2.05, 4.69) is 12.2 Å². The van der Waals surface area contributed by atoms with Gasteiger partial charge < -0.3 is 15.2 Å². The Morgan fingerprint density at radius 3 is 2.52 bits per heavy atom. The number of ether oxygens (including phenoxy) is 1. The van der Waals surface area contributed by atoms with Crippen molar-refractivity contribution in [1.82, 2.24) is 5.32 Å². The summed E-state index contributed by atoms with van der Waals surface area (Å²) in [6.07, 6.45) is 5.17. The van der Waals surface area contributed by atoms with Gasteiger partial charge in [-0.15, -0.1) is 0 Å². The molecule has 1 saturated carbocycles. The summed E-state index contributed by atoms with van der Waals surface area (Å²) in [5.74, 6) is 1.05. The van der Waals surface area contributed by atoms with Crippen LogP contribution in [0.1, 0.15) is 51.5 Å². The molecule has 4 heteroatoms. The molecule has 23 heavy (non-hydrogen) atoms. The third-order valence-corrected chi connectivity index (χ3v) is 5.11. The number of carbonyl (C=O) groups excluding carboxylic acids is 1. The second kappa shape index (κ2) is 8.34. The number of benzene rings is 1. The van der Waals surface area contributed by atoms with E-state index in [1.54, 1.807) is 0 Å². The molecular weight excluding hydrogens is 290 g/mol. The minimum Gasteiger partial charge on any atom is -0.445 e. The van der Waals surface area contributed by atoms with Crippen molar-refractivity contribution >= 4 is 6.09 Å². The number of rotatable bonds is 6. The van der Waals surface area contributed by atoms with E-state index in [0.717, 1.165) is 24.3 Å². The van der Waals surface area contributed by atoms with Crippen LogP contribution in [0.3, 0.4) is 0 Å². The highest BCUT2D eigenvalue weighted by atomic mass is 16.5. The predicted octanol–water partition coefficient (Wildman–Crippen LogP) is 3.88. The highest BCUT2D eigenvalue weighted by molar-refractivity contribution is 5.67. The topological polar surface area (TPSA) is 58.6 Å². The number of carbonyl (C=O) groups is 1. The molecule has 1 aliphatic carbocycles. The molecule has 1 amide bonds. The number of aliphatic hydroxyl groups is 1. The second-order valence-electron chi connectivity index (χ2n) is 6.90. The molecule has 1 aliphatic rings. The lowest BCUT2D eigenvalue weighted by Crippen LogP contribution is -2.47. The van der Waals surface area contributed by atoms with Crippen LogP contribution in [-0.2, 0) is 11.3 Å². The molecule has 0 spiro atoms. The van der Waals surface area contributed by atoms with Gasteiger partial charge in [0.2, 0.25) is 0 Å². The van der Waals surface area contributed by atoms with Crippen molar-refractivity contribution in [3.8, 4) is 0 Å². The molecular formula is C19H29NO3. The standard InChI is InChI=1S/C19H29NO3/c1-3-15-9-11-17(12-10-15)19(2,22)14-20-18(21)23-13-16-7-5-4-6-8-16/h4-8,15,17,22H,3,9-14H2,1-2H3,(H,20,21). The van der Waals surface area contributed by atoms with Crippen molar-refractivity contribution in [2.24, 2.45) is 11.8 Å². The Morgan fingerprint density at radius 1 is 1.26 bits per heavy atom. The van der Waals surface area contributed by atoms with Gasteiger partial charge in [0.15, 0.2) is 0 Å². The molecule has 4 nitrogen and oxygen atoms in total. The SMILES string of the molecule is CCC1CCC(C(C)(O)CNC(=O)OCc2ccccc2)CC1. The van der Waals surface area contributed by atoms with Gasteiger partial charge in [0.25, 0.3) is 0 Å². The molecule has 1 atom stereocenters. The number of hydrogen-bond acceptors (Lipinski definition) is 3. The lowest BCUT2D eigenvalue weighted by Gasteiger charge is -2.37. The molecule has 1 aromatic carbocycles. The third kappa shape index (κ3) is 5.54. The van der Waals surface area contributed by atoms with E-state index in [4.69, 9.17) is 4.74 Å². The molecule has 1 fully saturated rings. The predicted molar refractivity (Wildman–Crippen MR) is 91.0 cm³/mol. The van der Waals surface area contributed by atoms with E-state index in [1.165, 1.54) is 19.3 Å². The summed E-state index contributed by atoms with van der Waals surface area (Å²) >= 11 is 0. The summed E-state index contributed by atoms with van der Waals surface area (Å²) in [7, 11) is 0. The first-order valence-corrected chi connectivity index (χ1v) is 8.68. The molecule has 0 aliphatic heterocycles. The molecule has 0 saturated heterocycles. The maximum Gasteiger partial charge on any atom is 0.407 e. The Kier molecular flexibility index (Phi) is 6.46. The average Bonchev–Trinajstić information content (AvgIpc) is 2.59. The monoisotopic (exact) mass is 319 g/mol. The van der Waals surface area contributed by atoms with Crippen LogP contribution in [-0.4, -0.2) is 23.3 Å². The lowest BCUT2D eigenvalue weighted by atomic mass is 9.73. The zero-order chi connectivity index (χ0) is 16.7. The Hall–Kier alpha value is -1.55. The smallest absolute Gasteiger partial charge is 0.407 e. The zero-order valence-corrected chi connectivity index (χ0v) is 14.3. The zero-order valence-electron chi connectivity index (χ0n) is 14.3. The normalized spacial score (nSPS) is 23.8. The van der Waals surface area contributed by atoms with E-state index in [0.29, 0.717) is 0 Å². The molecule has 128 valence electrons. The molecule has 0 aromatic heterocycles. The summed E-state index contributed by atoms with van der Waals surface area (Å²) in [6.45, 7) is 4.54. The molecule has 0 heterocycles. The van der Waals surface area contributed by atoms with E-state index < -0.39 is 11.7 Å². The number of amides is 1. The molecule has 1 unspecified atom stereocenters. The second-order valence-corrected chi connectivity index (χ2v) is 6.90. The van der Waals surface area contributed by atoms with Crippen molar-refractivity contribution in [1.29, 1.82) is 0 Å². The number of nitrogens with one attached hydrogen (secondary N) is 1. The van der Waals surface area contributed by atoms with Crippen LogP contribution < -0.4 is 5.32 Å². The first-order valence-electron chi connectivity index (χ1n) is 8.68. The third-order valence-electron chi connectivity index (χ3n) is 5.11. The number of hydrogen-bond donors (Lipinski definition) is 2. The van der Waals surface area contributed by atoms with Crippen molar-refractivity contribution in [2.75, 3.05) is 6.54 Å². The maximum absolute atomic E-state index is 11.8. The molecule has 2 N–H and O–H groups in total. The fourth-order valence-corrected chi connectivity index (χ4v) is 3.36. The highest BCUT2D eigenvalue weighted by Gasteiger charge is 2.35. The van der Waals surface area contributed by atoms with Crippen LogP contribution in [0.15, 0.2) is 30.3 Å². The maximum atomic E-state index is 11.8. The minimum absolute atomic E-state index is 0.238. The van der Waals surface area contributed by atoms with E-state index in [1.807, 2.05) is 37.3 Å². The van der Waals surface area contributed by atoms with Crippen molar-refractivity contribution in [2.45, 2.75) is 58.2 Å². The van der Waals surface area contributed by atoms with Crippen LogP contribution >= 0.6 is 0 Å². The molecule has 2 rings (SSSR count). The Bertz CT molecular complexity index is 479. The van der Waals surface area contributed by atoms with Crippen LogP contribution in [0, 0.1) is 11.8 Å². The van der Waals surface area contributed by atoms with E-state index in [9.17, 15) is 9.90 Å². The Morgan fingerprint density at radius 2 is 1.91 bits per heavy atom. The van der Waals surface area contributed by atoms with Gasteiger partial charge in [-0.1, -0.05) is 56.5 Å². The summed E-state index contributed by atoms with van der Waals surface area (Å²) < 4.78 is 5.18. The fraction of sp³-hybridized carbons (Fsp3) is 0.632. The van der Waals surface area contributed by atoms with Crippen molar-refractivity contribution in [3.05, 3.63) is 35.9 Å². The molecule has 0 bridgehead atoms. The fourth-order valence-electron chi connectivity index (χ4n) is 3.36. The Labute approximate surface area is 139 Å². The van der Waals surface area contributed by atoms with Gasteiger partial charge in [-0.05, 0) is 37.2 Å². The van der Waals surface area contributed by atoms with Crippen molar-refractivity contribution in [3.63, 3.8) is 0 Å². The van der Waals surface area contributed by atoms with Crippen LogP contribution in [0.5, 0.6) is 0 Å². The Balaban J connectivity index is 1.72. The first kappa shape index (κ1) is 17.8. The van der Waals surface area contributed by atoms with Crippen LogP contribution in [0.2, 0.25) is 0 Å². The number of alkyl carbamates (subject to hydrolysis) is 1. The van der Waals surface area contributed by atoms with Gasteiger partial charge in [0, 0.05) is 6.54 Å². The van der Waals surface area contributed by atoms with E-state index >= 15 is 0 Å². The van der Waals surface area contributed by atoms with Crippen LogP contribution in [0.4, 0.5) is 4.79 Å². The van der Waals surface area contributed by atoms with Gasteiger partial charge in [0.1, 0.15) is 6.61 Å². The van der Waals surface area contributed by atoms with Gasteiger partial charge >= 0.3 is 6.09 Å². The summed E-state index contributed by atoms with van der Waals surface area (Å²) in [4.78, 5) is 11.8. The minimum atomic E-state index is -0.871. The van der Waals surface area contributed by atoms with Gasteiger partial charge in [-0.3, -0.25) is 0 Å². The summed E-state index contributed by atoms with van der Waals surface area (Å²) in [5.41, 5.74) is 0.0806. The largest absolute Gasteiger partial charge is 0.445 e. The quantitative estimate of drug-likeness (QED) is 0.836. The summed E-state index contributed by atoms with van der Waals surface area (Å²) in [6, 6.07) is 9.57. The molecule has 0 radical (unpaired) electrons. The van der Waals surface area contributed by atoms with E-state index in [-0.39, 0.29) is 19.1 Å². The highest BCUT2D eigenvalue weighted by Crippen LogP contribution is 2.36. The van der Waals surface area contributed by atoms with Crippen molar-refractivity contribution < 1.29 is 14.6 Å². The van der Waals surface area contributed by atoms with Gasteiger partial charge in [-0.2, -0.15) is 0 Å². The van der Waals surface area contributed by atoms with Gasteiger partial charge in [0.05, 0.1) is 5.60 Å². The van der Waals surface area contributed by atoms with Gasteiger partial charge in [-0.25, -0.2) is 4.79 Å². The van der Waals surface area contributed by atoms with Crippen LogP contribution in [0.25, 0.3) is 0 Å². The molecule has 1 aromatic rings.